The van der Waals surface area contributed by atoms with Gasteiger partial charge in [0.1, 0.15) is 5.76 Å². The van der Waals surface area contributed by atoms with Gasteiger partial charge in [0.15, 0.2) is 5.69 Å². The molecule has 2 aromatic rings. The zero-order chi connectivity index (χ0) is 20.8. The number of hydrogen-bond donors (Lipinski definition) is 1. The van der Waals surface area contributed by atoms with Gasteiger partial charge in [-0.2, -0.15) is 0 Å². The van der Waals surface area contributed by atoms with E-state index in [2.05, 4.69) is 10.5 Å². The van der Waals surface area contributed by atoms with Crippen molar-refractivity contribution in [1.29, 1.82) is 0 Å². The Balaban J connectivity index is 1.55. The van der Waals surface area contributed by atoms with Crippen molar-refractivity contribution in [3.63, 3.8) is 0 Å². The van der Waals surface area contributed by atoms with Crippen molar-refractivity contribution in [1.82, 2.24) is 15.4 Å². The minimum absolute atomic E-state index is 0.104. The van der Waals surface area contributed by atoms with Gasteiger partial charge in [0, 0.05) is 31.3 Å². The van der Waals surface area contributed by atoms with E-state index in [0.717, 1.165) is 18.4 Å². The van der Waals surface area contributed by atoms with E-state index in [4.69, 9.17) is 9.26 Å². The topological polar surface area (TPSA) is 102 Å². The molecule has 8 heteroatoms. The third-order valence-electron chi connectivity index (χ3n) is 4.84. The number of ether oxygens (including phenoxy) is 1. The largest absolute Gasteiger partial charge is 0.466 e. The number of rotatable bonds is 6. The number of likely N-dealkylation sites (tertiary alicyclic amines) is 1. The number of carbonyl (C=O) groups is 3. The fraction of sp³-hybridized carbons (Fsp3) is 0.429. The van der Waals surface area contributed by atoms with Crippen LogP contribution in [0.2, 0.25) is 0 Å². The highest BCUT2D eigenvalue weighted by Gasteiger charge is 2.29. The second kappa shape index (κ2) is 9.36. The van der Waals surface area contributed by atoms with Gasteiger partial charge in [0.25, 0.3) is 11.8 Å². The maximum atomic E-state index is 12.8. The van der Waals surface area contributed by atoms with Gasteiger partial charge in [0.05, 0.1) is 12.5 Å². The lowest BCUT2D eigenvalue weighted by Gasteiger charge is -2.31. The molecule has 1 aromatic heterocycles. The van der Waals surface area contributed by atoms with Gasteiger partial charge in [-0.3, -0.25) is 14.4 Å². The Hall–Kier alpha value is -3.16. The van der Waals surface area contributed by atoms with Crippen LogP contribution in [0.3, 0.4) is 0 Å². The summed E-state index contributed by atoms with van der Waals surface area (Å²) < 4.78 is 9.98. The Labute approximate surface area is 169 Å². The van der Waals surface area contributed by atoms with Crippen LogP contribution in [-0.2, 0) is 16.1 Å². The Morgan fingerprint density at radius 1 is 1.28 bits per heavy atom. The molecule has 1 atom stereocenters. The molecule has 1 aromatic carbocycles. The summed E-state index contributed by atoms with van der Waals surface area (Å²) in [6, 6.07) is 8.64. The molecule has 1 aliphatic rings. The molecule has 0 saturated carbocycles. The third kappa shape index (κ3) is 5.22. The molecule has 2 amide bonds. The molecule has 0 radical (unpaired) electrons. The molecule has 1 unspecified atom stereocenters. The lowest BCUT2D eigenvalue weighted by atomic mass is 9.97. The Morgan fingerprint density at radius 3 is 2.69 bits per heavy atom. The first-order valence-corrected chi connectivity index (χ1v) is 9.74. The molecule has 1 N–H and O–H groups in total. The smallest absolute Gasteiger partial charge is 0.310 e. The maximum Gasteiger partial charge on any atom is 0.310 e. The predicted molar refractivity (Wildman–Crippen MR) is 104 cm³/mol. The lowest BCUT2D eigenvalue weighted by Crippen LogP contribution is -2.42. The summed E-state index contributed by atoms with van der Waals surface area (Å²) in [5.41, 5.74) is 1.64. The molecule has 2 heterocycles. The van der Waals surface area contributed by atoms with Crippen molar-refractivity contribution in [2.24, 2.45) is 5.92 Å². The third-order valence-corrected chi connectivity index (χ3v) is 4.84. The molecule has 1 saturated heterocycles. The molecule has 0 spiro atoms. The highest BCUT2D eigenvalue weighted by Crippen LogP contribution is 2.20. The predicted octanol–water partition coefficient (Wildman–Crippen LogP) is 2.33. The highest BCUT2D eigenvalue weighted by molar-refractivity contribution is 5.95. The minimum Gasteiger partial charge on any atom is -0.466 e. The number of amides is 2. The summed E-state index contributed by atoms with van der Waals surface area (Å²) in [5.74, 6) is -0.352. The van der Waals surface area contributed by atoms with E-state index in [0.29, 0.717) is 37.6 Å². The van der Waals surface area contributed by atoms with E-state index >= 15 is 0 Å². The van der Waals surface area contributed by atoms with Gasteiger partial charge in [-0.15, -0.1) is 0 Å². The zero-order valence-corrected chi connectivity index (χ0v) is 16.6. The van der Waals surface area contributed by atoms with Crippen LogP contribution < -0.4 is 5.32 Å². The van der Waals surface area contributed by atoms with Crippen molar-refractivity contribution in [2.75, 3.05) is 19.7 Å². The monoisotopic (exact) mass is 399 g/mol. The van der Waals surface area contributed by atoms with E-state index in [1.807, 2.05) is 0 Å². The summed E-state index contributed by atoms with van der Waals surface area (Å²) in [6.45, 7) is 5.17. The number of nitrogens with one attached hydrogen (secondary N) is 1. The molecule has 154 valence electrons. The first kappa shape index (κ1) is 20.6. The molecule has 0 aliphatic carbocycles. The number of aryl methyl sites for hydroxylation is 1. The van der Waals surface area contributed by atoms with Crippen molar-refractivity contribution < 1.29 is 23.6 Å². The van der Waals surface area contributed by atoms with Gasteiger partial charge < -0.3 is 19.5 Å². The fourth-order valence-electron chi connectivity index (χ4n) is 3.31. The van der Waals surface area contributed by atoms with Crippen molar-refractivity contribution in [3.8, 4) is 0 Å². The van der Waals surface area contributed by atoms with Crippen molar-refractivity contribution >= 4 is 17.8 Å². The number of nitrogens with zero attached hydrogens (tertiary/aromatic N) is 2. The number of hydrogen-bond acceptors (Lipinski definition) is 6. The molecule has 0 bridgehead atoms. The molecule has 3 rings (SSSR count). The summed E-state index contributed by atoms with van der Waals surface area (Å²) in [6.07, 6.45) is 1.52. The van der Waals surface area contributed by atoms with Crippen LogP contribution in [0.25, 0.3) is 0 Å². The van der Waals surface area contributed by atoms with Crippen molar-refractivity contribution in [3.05, 3.63) is 52.9 Å². The number of carbonyl (C=O) groups excluding carboxylic acids is 3. The number of esters is 1. The van der Waals surface area contributed by atoms with Gasteiger partial charge in [0.2, 0.25) is 0 Å². The Kier molecular flexibility index (Phi) is 6.64. The summed E-state index contributed by atoms with van der Waals surface area (Å²) in [7, 11) is 0. The Morgan fingerprint density at radius 2 is 2.03 bits per heavy atom. The van der Waals surface area contributed by atoms with E-state index in [-0.39, 0.29) is 29.4 Å². The second-order valence-corrected chi connectivity index (χ2v) is 7.04. The fourth-order valence-corrected chi connectivity index (χ4v) is 3.31. The van der Waals surface area contributed by atoms with Crippen LogP contribution in [0.1, 0.15) is 51.9 Å². The summed E-state index contributed by atoms with van der Waals surface area (Å²) in [4.78, 5) is 38.5. The van der Waals surface area contributed by atoms with Gasteiger partial charge in [-0.1, -0.05) is 17.3 Å². The van der Waals surface area contributed by atoms with E-state index in [1.165, 1.54) is 0 Å². The average molecular weight is 399 g/mol. The highest BCUT2D eigenvalue weighted by atomic mass is 16.5. The van der Waals surface area contributed by atoms with Crippen molar-refractivity contribution in [2.45, 2.75) is 33.2 Å². The van der Waals surface area contributed by atoms with Crippen LogP contribution in [0.5, 0.6) is 0 Å². The van der Waals surface area contributed by atoms with Crippen LogP contribution in [-0.4, -0.2) is 47.5 Å². The summed E-state index contributed by atoms with van der Waals surface area (Å²) >= 11 is 0. The standard InChI is InChI=1S/C21H25N3O5/c1-3-28-21(27)17-5-4-10-24(13-17)20(26)16-8-6-15(7-9-16)12-22-19(25)18-11-14(2)29-23-18/h6-9,11,17H,3-5,10,12-13H2,1-2H3,(H,22,25). The van der Waals surface area contributed by atoms with Gasteiger partial charge >= 0.3 is 5.97 Å². The number of aromatic nitrogens is 1. The Bertz CT molecular complexity index is 875. The minimum atomic E-state index is -0.319. The van der Waals surface area contributed by atoms with Gasteiger partial charge in [-0.25, -0.2) is 0 Å². The quantitative estimate of drug-likeness (QED) is 0.748. The van der Waals surface area contributed by atoms with Crippen LogP contribution in [0, 0.1) is 12.8 Å². The molecular weight excluding hydrogens is 374 g/mol. The first-order valence-electron chi connectivity index (χ1n) is 9.74. The summed E-state index contributed by atoms with van der Waals surface area (Å²) in [5, 5.41) is 6.44. The zero-order valence-electron chi connectivity index (χ0n) is 16.6. The molecule has 8 nitrogen and oxygen atoms in total. The number of benzene rings is 1. The van der Waals surface area contributed by atoms with Crippen LogP contribution in [0.15, 0.2) is 34.9 Å². The van der Waals surface area contributed by atoms with E-state index < -0.39 is 0 Å². The maximum absolute atomic E-state index is 12.8. The SMILES string of the molecule is CCOC(=O)C1CCCN(C(=O)c2ccc(CNC(=O)c3cc(C)on3)cc2)C1. The van der Waals surface area contributed by atoms with Gasteiger partial charge in [-0.05, 0) is 44.4 Å². The normalized spacial score (nSPS) is 16.3. The molecular formula is C21H25N3O5. The van der Waals surface area contributed by atoms with E-state index in [1.54, 1.807) is 49.1 Å². The number of piperidine rings is 1. The van der Waals surface area contributed by atoms with Crippen LogP contribution in [0.4, 0.5) is 0 Å². The molecule has 1 fully saturated rings. The van der Waals surface area contributed by atoms with Crippen LogP contribution >= 0.6 is 0 Å². The van der Waals surface area contributed by atoms with E-state index in [9.17, 15) is 14.4 Å². The first-order chi connectivity index (χ1) is 14.0. The average Bonchev–Trinajstić information content (AvgIpc) is 3.18. The molecule has 29 heavy (non-hydrogen) atoms. The lowest BCUT2D eigenvalue weighted by molar-refractivity contribution is -0.149. The molecule has 1 aliphatic heterocycles. The second-order valence-electron chi connectivity index (χ2n) is 7.04.